The highest BCUT2D eigenvalue weighted by Crippen LogP contribution is 2.25. The van der Waals surface area contributed by atoms with Gasteiger partial charge < -0.3 is 15.4 Å². The molecular weight excluding hydrogens is 264 g/mol. The Hall–Kier alpha value is -1.99. The molecule has 2 rings (SSSR count). The van der Waals surface area contributed by atoms with Crippen molar-refractivity contribution in [1.82, 2.24) is 4.90 Å². The summed E-state index contributed by atoms with van der Waals surface area (Å²) in [6, 6.07) is 5.76. The minimum atomic E-state index is 0.224. The molecule has 112 valence electrons. The van der Waals surface area contributed by atoms with Crippen molar-refractivity contribution in [3.05, 3.63) is 29.3 Å². The number of ether oxygens (including phenoxy) is 1. The van der Waals surface area contributed by atoms with E-state index in [1.807, 2.05) is 23.1 Å². The van der Waals surface area contributed by atoms with Gasteiger partial charge in [-0.25, -0.2) is 0 Å². The molecule has 1 amide bonds. The summed E-state index contributed by atoms with van der Waals surface area (Å²) in [5, 5.41) is 0. The van der Waals surface area contributed by atoms with Crippen LogP contribution in [0.15, 0.2) is 18.2 Å². The van der Waals surface area contributed by atoms with Gasteiger partial charge in [0.2, 0.25) is 5.91 Å². The molecule has 0 aliphatic carbocycles. The zero-order valence-corrected chi connectivity index (χ0v) is 12.7. The van der Waals surface area contributed by atoms with Crippen molar-refractivity contribution < 1.29 is 9.53 Å². The lowest BCUT2D eigenvalue weighted by atomic mass is 10.1. The predicted octanol–water partition coefficient (Wildman–Crippen LogP) is 1.76. The number of likely N-dealkylation sites (tertiary alicyclic amines) is 1. The summed E-state index contributed by atoms with van der Waals surface area (Å²) in [6.45, 7) is 3.87. The number of amides is 1. The Bertz CT molecular complexity index is 572. The number of hydrogen-bond acceptors (Lipinski definition) is 3. The molecule has 1 atom stereocenters. The van der Waals surface area contributed by atoms with Gasteiger partial charge in [-0.2, -0.15) is 0 Å². The van der Waals surface area contributed by atoms with Crippen molar-refractivity contribution in [3.8, 4) is 17.6 Å². The van der Waals surface area contributed by atoms with Gasteiger partial charge in [0.25, 0.3) is 0 Å². The van der Waals surface area contributed by atoms with Crippen LogP contribution in [0, 0.1) is 17.8 Å². The van der Waals surface area contributed by atoms with E-state index in [4.69, 9.17) is 10.5 Å². The monoisotopic (exact) mass is 286 g/mol. The largest absolute Gasteiger partial charge is 0.497 e. The Labute approximate surface area is 126 Å². The molecule has 0 spiro atoms. The van der Waals surface area contributed by atoms with E-state index in [9.17, 15) is 4.79 Å². The maximum Gasteiger partial charge on any atom is 0.223 e. The van der Waals surface area contributed by atoms with Gasteiger partial charge in [0.05, 0.1) is 13.7 Å². The molecular formula is C17H22N2O2. The number of rotatable bonds is 4. The second-order valence-corrected chi connectivity index (χ2v) is 5.28. The molecule has 2 N–H and O–H groups in total. The smallest absolute Gasteiger partial charge is 0.223 e. The number of carbonyl (C=O) groups excluding carboxylic acids is 1. The van der Waals surface area contributed by atoms with E-state index >= 15 is 0 Å². The molecule has 1 aromatic carbocycles. The van der Waals surface area contributed by atoms with Crippen LogP contribution in [-0.4, -0.2) is 31.0 Å². The number of carbonyl (C=O) groups is 1. The number of nitrogens with two attached hydrogens (primary N) is 1. The van der Waals surface area contributed by atoms with Crippen molar-refractivity contribution in [2.75, 3.05) is 20.2 Å². The third kappa shape index (κ3) is 3.77. The van der Waals surface area contributed by atoms with Gasteiger partial charge in [0.1, 0.15) is 5.75 Å². The Morgan fingerprint density at radius 3 is 2.90 bits per heavy atom. The van der Waals surface area contributed by atoms with E-state index in [2.05, 4.69) is 18.8 Å². The normalized spacial score (nSPS) is 17.6. The molecule has 0 radical (unpaired) electrons. The van der Waals surface area contributed by atoms with Crippen molar-refractivity contribution in [2.45, 2.75) is 26.3 Å². The number of nitrogens with zero attached hydrogens (tertiary/aromatic N) is 1. The standard InChI is InChI=1S/C17H22N2O2/c1-3-13-9-17(20)19(11-13)12-15-10-16(21-2)7-6-14(15)5-4-8-18/h6-7,10,13H,3,8-9,11-12,18H2,1-2H3. The lowest BCUT2D eigenvalue weighted by Gasteiger charge is -2.18. The lowest BCUT2D eigenvalue weighted by Crippen LogP contribution is -2.25. The minimum absolute atomic E-state index is 0.224. The lowest BCUT2D eigenvalue weighted by molar-refractivity contribution is -0.128. The first-order valence-electron chi connectivity index (χ1n) is 7.31. The number of methoxy groups -OCH3 is 1. The molecule has 1 aromatic rings. The molecule has 0 bridgehead atoms. The summed E-state index contributed by atoms with van der Waals surface area (Å²) >= 11 is 0. The molecule has 1 aliphatic rings. The molecule has 4 nitrogen and oxygen atoms in total. The first kappa shape index (κ1) is 15.4. The fourth-order valence-electron chi connectivity index (χ4n) is 2.58. The van der Waals surface area contributed by atoms with Gasteiger partial charge in [-0.1, -0.05) is 25.2 Å². The maximum absolute atomic E-state index is 12.1. The Kier molecular flexibility index (Phi) is 5.24. The molecule has 0 aromatic heterocycles. The predicted molar refractivity (Wildman–Crippen MR) is 82.7 cm³/mol. The summed E-state index contributed by atoms with van der Waals surface area (Å²) in [6.07, 6.45) is 1.70. The first-order valence-corrected chi connectivity index (χ1v) is 7.31. The fourth-order valence-corrected chi connectivity index (χ4v) is 2.58. The SMILES string of the molecule is CCC1CC(=O)N(Cc2cc(OC)ccc2C#CCN)C1. The highest BCUT2D eigenvalue weighted by atomic mass is 16.5. The van der Waals surface area contributed by atoms with Crippen LogP contribution in [0.25, 0.3) is 0 Å². The molecule has 1 unspecified atom stereocenters. The molecule has 1 heterocycles. The van der Waals surface area contributed by atoms with E-state index < -0.39 is 0 Å². The van der Waals surface area contributed by atoms with E-state index in [1.165, 1.54) is 0 Å². The maximum atomic E-state index is 12.1. The highest BCUT2D eigenvalue weighted by molar-refractivity contribution is 5.78. The van der Waals surface area contributed by atoms with Gasteiger partial charge in [-0.3, -0.25) is 4.79 Å². The number of hydrogen-bond donors (Lipinski definition) is 1. The van der Waals surface area contributed by atoms with Crippen molar-refractivity contribution in [1.29, 1.82) is 0 Å². The van der Waals surface area contributed by atoms with Crippen LogP contribution in [0.2, 0.25) is 0 Å². The Balaban J connectivity index is 2.23. The van der Waals surface area contributed by atoms with Crippen LogP contribution in [0.3, 0.4) is 0 Å². The summed E-state index contributed by atoms with van der Waals surface area (Å²) in [5.41, 5.74) is 7.37. The average molecular weight is 286 g/mol. The zero-order valence-electron chi connectivity index (χ0n) is 12.7. The van der Waals surface area contributed by atoms with Gasteiger partial charge in [0.15, 0.2) is 0 Å². The van der Waals surface area contributed by atoms with Crippen LogP contribution in [0.5, 0.6) is 5.75 Å². The Morgan fingerprint density at radius 2 is 2.29 bits per heavy atom. The van der Waals surface area contributed by atoms with Gasteiger partial charge >= 0.3 is 0 Å². The summed E-state index contributed by atoms with van der Waals surface area (Å²) < 4.78 is 5.27. The quantitative estimate of drug-likeness (QED) is 0.858. The Morgan fingerprint density at radius 1 is 1.48 bits per heavy atom. The van der Waals surface area contributed by atoms with E-state index in [0.29, 0.717) is 25.4 Å². The summed E-state index contributed by atoms with van der Waals surface area (Å²) in [4.78, 5) is 14.0. The van der Waals surface area contributed by atoms with E-state index in [1.54, 1.807) is 7.11 Å². The minimum Gasteiger partial charge on any atom is -0.497 e. The zero-order chi connectivity index (χ0) is 15.2. The van der Waals surface area contributed by atoms with E-state index in [-0.39, 0.29) is 5.91 Å². The summed E-state index contributed by atoms with van der Waals surface area (Å²) in [7, 11) is 1.64. The molecule has 1 fully saturated rings. The summed E-state index contributed by atoms with van der Waals surface area (Å²) in [5.74, 6) is 7.42. The van der Waals surface area contributed by atoms with Gasteiger partial charge in [-0.15, -0.1) is 0 Å². The molecule has 4 heteroatoms. The van der Waals surface area contributed by atoms with E-state index in [0.717, 1.165) is 29.8 Å². The third-order valence-electron chi connectivity index (χ3n) is 3.87. The van der Waals surface area contributed by atoms with Crippen LogP contribution >= 0.6 is 0 Å². The van der Waals surface area contributed by atoms with Crippen LogP contribution in [-0.2, 0) is 11.3 Å². The van der Waals surface area contributed by atoms with Crippen molar-refractivity contribution in [3.63, 3.8) is 0 Å². The second kappa shape index (κ2) is 7.14. The van der Waals surface area contributed by atoms with Gasteiger partial charge in [-0.05, 0) is 29.7 Å². The fraction of sp³-hybridized carbons (Fsp3) is 0.471. The second-order valence-electron chi connectivity index (χ2n) is 5.28. The van der Waals surface area contributed by atoms with Crippen LogP contribution in [0.1, 0.15) is 30.9 Å². The topological polar surface area (TPSA) is 55.6 Å². The highest BCUT2D eigenvalue weighted by Gasteiger charge is 2.28. The third-order valence-corrected chi connectivity index (χ3v) is 3.87. The molecule has 21 heavy (non-hydrogen) atoms. The van der Waals surface area contributed by atoms with Crippen molar-refractivity contribution >= 4 is 5.91 Å². The average Bonchev–Trinajstić information content (AvgIpc) is 2.86. The molecule has 1 aliphatic heterocycles. The first-order chi connectivity index (χ1) is 10.2. The molecule has 1 saturated heterocycles. The number of benzene rings is 1. The van der Waals surface area contributed by atoms with Crippen LogP contribution < -0.4 is 10.5 Å². The van der Waals surface area contributed by atoms with Crippen LogP contribution in [0.4, 0.5) is 0 Å². The molecule has 0 saturated carbocycles. The van der Waals surface area contributed by atoms with Crippen molar-refractivity contribution in [2.24, 2.45) is 11.7 Å². The van der Waals surface area contributed by atoms with Gasteiger partial charge in [0, 0.05) is 25.1 Å².